The highest BCUT2D eigenvalue weighted by molar-refractivity contribution is 9.10. The number of rotatable bonds is 6. The summed E-state index contributed by atoms with van der Waals surface area (Å²) < 4.78 is 6.98. The Morgan fingerprint density at radius 3 is 2.79 bits per heavy atom. The fourth-order valence-electron chi connectivity index (χ4n) is 2.72. The van der Waals surface area contributed by atoms with Crippen LogP contribution in [0.1, 0.15) is 51.0 Å². The van der Waals surface area contributed by atoms with E-state index in [9.17, 15) is 0 Å². The number of quaternary nitrogens is 1. The Balaban J connectivity index is 1.94. The molecule has 1 aliphatic rings. The van der Waals surface area contributed by atoms with Gasteiger partial charge in [0.1, 0.15) is 12.3 Å². The van der Waals surface area contributed by atoms with Crippen molar-refractivity contribution in [3.63, 3.8) is 0 Å². The largest absolute Gasteiger partial charge is 0.493 e. The molecule has 1 fully saturated rings. The highest BCUT2D eigenvalue weighted by Gasteiger charge is 2.17. The van der Waals surface area contributed by atoms with Gasteiger partial charge in [0.15, 0.2) is 0 Å². The first-order valence-electron chi connectivity index (χ1n) is 7.54. The van der Waals surface area contributed by atoms with Crippen molar-refractivity contribution in [1.82, 2.24) is 0 Å². The minimum atomic E-state index is 0.804. The van der Waals surface area contributed by atoms with Gasteiger partial charge in [-0.2, -0.15) is 0 Å². The first-order valence-corrected chi connectivity index (χ1v) is 8.33. The lowest BCUT2D eigenvalue weighted by Gasteiger charge is -2.20. The maximum Gasteiger partial charge on any atom is 0.128 e. The maximum atomic E-state index is 5.84. The Kier molecular flexibility index (Phi) is 6.18. The van der Waals surface area contributed by atoms with Gasteiger partial charge in [-0.15, -0.1) is 0 Å². The number of hydrogen-bond donors (Lipinski definition) is 1. The molecule has 1 aromatic carbocycles. The molecule has 0 atom stereocenters. The zero-order valence-corrected chi connectivity index (χ0v) is 13.4. The predicted octanol–water partition coefficient (Wildman–Crippen LogP) is 3.63. The van der Waals surface area contributed by atoms with Crippen LogP contribution < -0.4 is 10.1 Å². The lowest BCUT2D eigenvalue weighted by Crippen LogP contribution is -2.88. The summed E-state index contributed by atoms with van der Waals surface area (Å²) in [7, 11) is 0. The molecule has 2 rings (SSSR count). The third-order valence-electron chi connectivity index (χ3n) is 3.81. The van der Waals surface area contributed by atoms with Gasteiger partial charge >= 0.3 is 0 Å². The second-order valence-corrected chi connectivity index (χ2v) is 6.35. The smallest absolute Gasteiger partial charge is 0.128 e. The van der Waals surface area contributed by atoms with E-state index in [1.807, 2.05) is 0 Å². The van der Waals surface area contributed by atoms with Gasteiger partial charge in [-0.3, -0.25) is 0 Å². The molecule has 0 bridgehead atoms. The molecule has 0 saturated heterocycles. The second kappa shape index (κ2) is 7.91. The molecule has 106 valence electrons. The summed E-state index contributed by atoms with van der Waals surface area (Å²) in [6.07, 6.45) is 8.03. The Morgan fingerprint density at radius 1 is 1.26 bits per heavy atom. The molecule has 0 spiro atoms. The van der Waals surface area contributed by atoms with Crippen molar-refractivity contribution >= 4 is 15.9 Å². The molecule has 0 aromatic heterocycles. The second-order valence-electron chi connectivity index (χ2n) is 5.44. The molecule has 19 heavy (non-hydrogen) atoms. The number of halogens is 1. The lowest BCUT2D eigenvalue weighted by molar-refractivity contribution is -0.706. The van der Waals surface area contributed by atoms with Gasteiger partial charge in [-0.1, -0.05) is 29.3 Å². The molecule has 1 aliphatic carbocycles. The third kappa shape index (κ3) is 4.81. The molecule has 0 unspecified atom stereocenters. The van der Waals surface area contributed by atoms with Crippen LogP contribution in [0.3, 0.4) is 0 Å². The van der Waals surface area contributed by atoms with Crippen molar-refractivity contribution in [3.8, 4) is 5.75 Å². The summed E-state index contributed by atoms with van der Waals surface area (Å²) in [6, 6.07) is 7.16. The fourth-order valence-corrected chi connectivity index (χ4v) is 3.13. The predicted molar refractivity (Wildman–Crippen MR) is 82.4 cm³/mol. The van der Waals surface area contributed by atoms with Crippen LogP contribution >= 0.6 is 15.9 Å². The van der Waals surface area contributed by atoms with Crippen molar-refractivity contribution in [2.75, 3.05) is 6.61 Å². The van der Waals surface area contributed by atoms with Crippen molar-refractivity contribution in [2.45, 2.75) is 58.0 Å². The molecule has 0 heterocycles. The van der Waals surface area contributed by atoms with E-state index in [2.05, 4.69) is 46.4 Å². The Hall–Kier alpha value is -0.540. The van der Waals surface area contributed by atoms with E-state index in [0.29, 0.717) is 0 Å². The van der Waals surface area contributed by atoms with Crippen LogP contribution in [0.2, 0.25) is 0 Å². The van der Waals surface area contributed by atoms with Crippen molar-refractivity contribution in [2.24, 2.45) is 0 Å². The first kappa shape index (κ1) is 14.9. The number of hydrogen-bond acceptors (Lipinski definition) is 1. The average Bonchev–Trinajstić information content (AvgIpc) is 2.45. The topological polar surface area (TPSA) is 25.8 Å². The lowest BCUT2D eigenvalue weighted by atomic mass is 9.95. The van der Waals surface area contributed by atoms with E-state index in [0.717, 1.165) is 35.8 Å². The van der Waals surface area contributed by atoms with Gasteiger partial charge in [0.05, 0.1) is 12.6 Å². The Morgan fingerprint density at radius 2 is 2.05 bits per heavy atom. The number of ether oxygens (including phenoxy) is 1. The normalized spacial score (nSPS) is 16.5. The number of benzene rings is 1. The summed E-state index contributed by atoms with van der Waals surface area (Å²) in [4.78, 5) is 0. The van der Waals surface area contributed by atoms with Gasteiger partial charge in [0, 0.05) is 10.0 Å². The van der Waals surface area contributed by atoms with E-state index in [1.165, 1.54) is 37.7 Å². The molecule has 0 aliphatic heterocycles. The summed E-state index contributed by atoms with van der Waals surface area (Å²) in [5, 5.41) is 2.50. The fraction of sp³-hybridized carbons (Fsp3) is 0.625. The molecule has 1 aromatic rings. The van der Waals surface area contributed by atoms with E-state index >= 15 is 0 Å². The third-order valence-corrected chi connectivity index (χ3v) is 4.30. The van der Waals surface area contributed by atoms with Crippen LogP contribution in [0.4, 0.5) is 0 Å². The van der Waals surface area contributed by atoms with Crippen LogP contribution in [0, 0.1) is 0 Å². The Labute approximate surface area is 125 Å². The molecule has 1 saturated carbocycles. The van der Waals surface area contributed by atoms with E-state index in [-0.39, 0.29) is 0 Å². The highest BCUT2D eigenvalue weighted by atomic mass is 79.9. The van der Waals surface area contributed by atoms with Gasteiger partial charge < -0.3 is 10.1 Å². The van der Waals surface area contributed by atoms with Crippen molar-refractivity contribution in [3.05, 3.63) is 28.2 Å². The van der Waals surface area contributed by atoms with Gasteiger partial charge in [-0.05, 0) is 50.3 Å². The van der Waals surface area contributed by atoms with E-state index < -0.39 is 0 Å². The SMILES string of the molecule is CCCOc1ccc(Br)cc1C[NH2+]C1CCCCC1. The van der Waals surface area contributed by atoms with Crippen molar-refractivity contribution in [1.29, 1.82) is 0 Å². The number of nitrogens with two attached hydrogens (primary N) is 1. The molecular formula is C16H25BrNO+. The van der Waals surface area contributed by atoms with Crippen LogP contribution in [0.5, 0.6) is 5.75 Å². The van der Waals surface area contributed by atoms with Gasteiger partial charge in [0.25, 0.3) is 0 Å². The maximum absolute atomic E-state index is 5.84. The minimum absolute atomic E-state index is 0.804. The standard InChI is InChI=1S/C16H24BrNO/c1-2-10-19-16-9-8-14(17)11-13(16)12-18-15-6-4-3-5-7-15/h8-9,11,15,18H,2-7,10,12H2,1H3/p+1. The average molecular weight is 327 g/mol. The molecule has 2 nitrogen and oxygen atoms in total. The first-order chi connectivity index (χ1) is 9.29. The zero-order chi connectivity index (χ0) is 13.5. The van der Waals surface area contributed by atoms with Crippen molar-refractivity contribution < 1.29 is 10.1 Å². The van der Waals surface area contributed by atoms with Gasteiger partial charge in [-0.25, -0.2) is 0 Å². The van der Waals surface area contributed by atoms with Crippen LogP contribution in [-0.4, -0.2) is 12.6 Å². The van der Waals surface area contributed by atoms with Crippen LogP contribution in [-0.2, 0) is 6.54 Å². The molecule has 0 amide bonds. The zero-order valence-electron chi connectivity index (χ0n) is 11.8. The van der Waals surface area contributed by atoms with E-state index in [4.69, 9.17) is 4.74 Å². The summed E-state index contributed by atoms with van der Waals surface area (Å²) >= 11 is 3.56. The highest BCUT2D eigenvalue weighted by Crippen LogP contribution is 2.23. The summed E-state index contributed by atoms with van der Waals surface area (Å²) in [5.74, 6) is 1.05. The monoisotopic (exact) mass is 326 g/mol. The minimum Gasteiger partial charge on any atom is -0.493 e. The van der Waals surface area contributed by atoms with Crippen LogP contribution in [0.15, 0.2) is 22.7 Å². The summed E-state index contributed by atoms with van der Waals surface area (Å²) in [5.41, 5.74) is 1.31. The quantitative estimate of drug-likeness (QED) is 0.848. The van der Waals surface area contributed by atoms with Crippen LogP contribution in [0.25, 0.3) is 0 Å². The van der Waals surface area contributed by atoms with E-state index in [1.54, 1.807) is 0 Å². The molecular weight excluding hydrogens is 302 g/mol. The Bertz CT molecular complexity index is 388. The molecule has 2 N–H and O–H groups in total. The summed E-state index contributed by atoms with van der Waals surface area (Å²) in [6.45, 7) is 3.98. The van der Waals surface area contributed by atoms with Gasteiger partial charge in [0.2, 0.25) is 0 Å². The molecule has 3 heteroatoms. The molecule has 0 radical (unpaired) electrons.